The van der Waals surface area contributed by atoms with Crippen molar-refractivity contribution in [2.24, 2.45) is 4.99 Å². The number of hydrogen-bond donors (Lipinski definition) is 2. The molecular formula is C17H27FIN3OS. The van der Waals surface area contributed by atoms with Crippen LogP contribution in [0.3, 0.4) is 0 Å². The van der Waals surface area contributed by atoms with E-state index in [9.17, 15) is 4.39 Å². The van der Waals surface area contributed by atoms with Gasteiger partial charge in [-0.25, -0.2) is 4.39 Å². The van der Waals surface area contributed by atoms with Crippen molar-refractivity contribution in [3.05, 3.63) is 35.6 Å². The predicted molar refractivity (Wildman–Crippen MR) is 111 cm³/mol. The minimum absolute atomic E-state index is 0. The van der Waals surface area contributed by atoms with E-state index < -0.39 is 0 Å². The number of benzene rings is 1. The molecule has 0 bridgehead atoms. The lowest BCUT2D eigenvalue weighted by Gasteiger charge is -2.12. The first-order valence-corrected chi connectivity index (χ1v) is 9.40. The summed E-state index contributed by atoms with van der Waals surface area (Å²) < 4.78 is 19.1. The molecule has 2 rings (SSSR count). The van der Waals surface area contributed by atoms with Crippen molar-refractivity contribution >= 4 is 41.7 Å². The Hall–Kier alpha value is -0.540. The third-order valence-electron chi connectivity index (χ3n) is 3.58. The Kier molecular flexibility index (Phi) is 11.4. The Morgan fingerprint density at radius 1 is 1.38 bits per heavy atom. The fraction of sp³-hybridized carbons (Fsp3) is 0.588. The fourth-order valence-corrected chi connectivity index (χ4v) is 3.21. The van der Waals surface area contributed by atoms with E-state index in [1.807, 2.05) is 12.1 Å². The molecule has 7 heteroatoms. The molecule has 24 heavy (non-hydrogen) atoms. The number of rotatable bonds is 8. The number of aliphatic imine (C=N–C) groups is 1. The largest absolute Gasteiger partial charge is 0.376 e. The molecule has 1 heterocycles. The molecule has 4 nitrogen and oxygen atoms in total. The highest BCUT2D eigenvalue weighted by atomic mass is 127. The number of thioether (sulfide) groups is 1. The van der Waals surface area contributed by atoms with Crippen molar-refractivity contribution in [1.82, 2.24) is 10.6 Å². The Bertz CT molecular complexity index is 498. The van der Waals surface area contributed by atoms with Crippen molar-refractivity contribution in [2.75, 3.05) is 32.0 Å². The molecule has 0 saturated carbocycles. The number of ether oxygens (including phenoxy) is 1. The van der Waals surface area contributed by atoms with Gasteiger partial charge in [-0.15, -0.1) is 24.0 Å². The van der Waals surface area contributed by atoms with Gasteiger partial charge in [0.25, 0.3) is 0 Å². The van der Waals surface area contributed by atoms with Crippen LogP contribution in [0.1, 0.15) is 25.3 Å². The highest BCUT2D eigenvalue weighted by Gasteiger charge is 2.14. The van der Waals surface area contributed by atoms with Gasteiger partial charge in [0.05, 0.1) is 12.6 Å². The Balaban J connectivity index is 0.00000288. The summed E-state index contributed by atoms with van der Waals surface area (Å²) in [6.45, 7) is 5.25. The summed E-state index contributed by atoms with van der Waals surface area (Å²) in [5.41, 5.74) is 0.761. The standard InChI is InChI=1S/C17H26FN3OS.HI/c1-2-19-17(21-12-15-7-5-10-22-15)20-9-11-23-13-14-6-3-4-8-16(14)18;/h3-4,6,8,15H,2,5,7,9-13H2,1H3,(H2,19,20,21);1H. The zero-order chi connectivity index (χ0) is 16.3. The van der Waals surface area contributed by atoms with Crippen molar-refractivity contribution in [3.8, 4) is 0 Å². The summed E-state index contributed by atoms with van der Waals surface area (Å²) >= 11 is 1.71. The summed E-state index contributed by atoms with van der Waals surface area (Å²) in [7, 11) is 0. The van der Waals surface area contributed by atoms with Gasteiger partial charge in [0.15, 0.2) is 5.96 Å². The zero-order valence-corrected chi connectivity index (χ0v) is 17.2. The Labute approximate surface area is 165 Å². The smallest absolute Gasteiger partial charge is 0.191 e. The van der Waals surface area contributed by atoms with Crippen molar-refractivity contribution < 1.29 is 9.13 Å². The van der Waals surface area contributed by atoms with Crippen LogP contribution >= 0.6 is 35.7 Å². The van der Waals surface area contributed by atoms with Crippen LogP contribution in [0.2, 0.25) is 0 Å². The van der Waals surface area contributed by atoms with Crippen molar-refractivity contribution in [2.45, 2.75) is 31.6 Å². The quantitative estimate of drug-likeness (QED) is 0.266. The molecule has 0 aliphatic carbocycles. The number of nitrogens with one attached hydrogen (secondary N) is 2. The first-order valence-electron chi connectivity index (χ1n) is 8.24. The van der Waals surface area contributed by atoms with Crippen molar-refractivity contribution in [3.63, 3.8) is 0 Å². The van der Waals surface area contributed by atoms with Crippen LogP contribution in [-0.2, 0) is 10.5 Å². The number of halogens is 2. The average molecular weight is 467 g/mol. The molecule has 1 unspecified atom stereocenters. The van der Waals surface area contributed by atoms with Crippen LogP contribution in [0.4, 0.5) is 4.39 Å². The summed E-state index contributed by atoms with van der Waals surface area (Å²) in [5, 5.41) is 6.55. The van der Waals surface area contributed by atoms with Gasteiger partial charge >= 0.3 is 0 Å². The fourth-order valence-electron chi connectivity index (χ4n) is 2.36. The molecule has 1 saturated heterocycles. The maximum absolute atomic E-state index is 13.5. The predicted octanol–water partition coefficient (Wildman–Crippen LogP) is 3.41. The monoisotopic (exact) mass is 467 g/mol. The molecule has 2 N–H and O–H groups in total. The third-order valence-corrected chi connectivity index (χ3v) is 4.58. The highest BCUT2D eigenvalue weighted by molar-refractivity contribution is 14.0. The molecule has 1 aliphatic rings. The first kappa shape index (κ1) is 21.5. The zero-order valence-electron chi connectivity index (χ0n) is 14.1. The summed E-state index contributed by atoms with van der Waals surface area (Å²) in [5.74, 6) is 2.30. The van der Waals surface area contributed by atoms with Crippen LogP contribution in [-0.4, -0.2) is 44.1 Å². The molecule has 0 radical (unpaired) electrons. The molecule has 0 spiro atoms. The van der Waals surface area contributed by atoms with E-state index in [0.29, 0.717) is 12.3 Å². The summed E-state index contributed by atoms with van der Waals surface area (Å²) in [4.78, 5) is 4.57. The second-order valence-corrected chi connectivity index (χ2v) is 6.53. The van der Waals surface area contributed by atoms with Crippen LogP contribution in [0, 0.1) is 5.82 Å². The molecule has 1 atom stereocenters. The molecule has 1 aromatic carbocycles. The highest BCUT2D eigenvalue weighted by Crippen LogP contribution is 2.14. The summed E-state index contributed by atoms with van der Waals surface area (Å²) in [6, 6.07) is 6.94. The lowest BCUT2D eigenvalue weighted by molar-refractivity contribution is 0.117. The summed E-state index contributed by atoms with van der Waals surface area (Å²) in [6.07, 6.45) is 2.50. The number of nitrogens with zero attached hydrogens (tertiary/aromatic N) is 1. The molecule has 1 aliphatic heterocycles. The maximum atomic E-state index is 13.5. The van der Waals surface area contributed by atoms with Crippen LogP contribution in [0.15, 0.2) is 29.3 Å². The second kappa shape index (κ2) is 12.8. The van der Waals surface area contributed by atoms with Gasteiger partial charge in [-0.1, -0.05) is 18.2 Å². The lowest BCUT2D eigenvalue weighted by atomic mass is 10.2. The topological polar surface area (TPSA) is 45.7 Å². The third kappa shape index (κ3) is 8.02. The number of hydrogen-bond acceptors (Lipinski definition) is 3. The van der Waals surface area contributed by atoms with E-state index >= 15 is 0 Å². The number of guanidine groups is 1. The minimum atomic E-state index is -0.126. The van der Waals surface area contributed by atoms with Crippen LogP contribution in [0.5, 0.6) is 0 Å². The van der Waals surface area contributed by atoms with Gasteiger partial charge in [-0.05, 0) is 31.4 Å². The van der Waals surface area contributed by atoms with Crippen LogP contribution in [0.25, 0.3) is 0 Å². The molecule has 0 aromatic heterocycles. The van der Waals surface area contributed by atoms with Gasteiger partial charge in [-0.2, -0.15) is 11.8 Å². The SMILES string of the molecule is CCNC(=NCC1CCCO1)NCCSCc1ccccc1F.I. The van der Waals surface area contributed by atoms with Gasteiger partial charge in [0, 0.05) is 31.2 Å². The van der Waals surface area contributed by atoms with E-state index in [1.165, 1.54) is 6.07 Å². The first-order chi connectivity index (χ1) is 11.3. The molecule has 1 fully saturated rings. The van der Waals surface area contributed by atoms with Gasteiger partial charge in [-0.3, -0.25) is 4.99 Å². The lowest BCUT2D eigenvalue weighted by Crippen LogP contribution is -2.39. The van der Waals surface area contributed by atoms with E-state index in [-0.39, 0.29) is 35.9 Å². The molecular weight excluding hydrogens is 440 g/mol. The van der Waals surface area contributed by atoms with E-state index in [1.54, 1.807) is 17.8 Å². The Morgan fingerprint density at radius 2 is 2.21 bits per heavy atom. The molecule has 1 aromatic rings. The molecule has 136 valence electrons. The van der Waals surface area contributed by atoms with Gasteiger partial charge < -0.3 is 15.4 Å². The van der Waals surface area contributed by atoms with Gasteiger partial charge in [0.1, 0.15) is 5.82 Å². The van der Waals surface area contributed by atoms with Crippen molar-refractivity contribution in [1.29, 1.82) is 0 Å². The minimum Gasteiger partial charge on any atom is -0.376 e. The second-order valence-electron chi connectivity index (χ2n) is 5.43. The normalized spacial score (nSPS) is 17.4. The average Bonchev–Trinajstić information content (AvgIpc) is 3.07. The molecule has 0 amide bonds. The van der Waals surface area contributed by atoms with E-state index in [4.69, 9.17) is 4.74 Å². The maximum Gasteiger partial charge on any atom is 0.191 e. The van der Waals surface area contributed by atoms with Gasteiger partial charge in [0.2, 0.25) is 0 Å². The van der Waals surface area contributed by atoms with E-state index in [2.05, 4.69) is 22.5 Å². The van der Waals surface area contributed by atoms with E-state index in [0.717, 1.165) is 49.8 Å². The van der Waals surface area contributed by atoms with Crippen LogP contribution < -0.4 is 10.6 Å². The Morgan fingerprint density at radius 3 is 2.92 bits per heavy atom.